The highest BCUT2D eigenvalue weighted by Gasteiger charge is 1.91. The molecule has 4 heteroatoms. The van der Waals surface area contributed by atoms with E-state index in [0.29, 0.717) is 0 Å². The van der Waals surface area contributed by atoms with E-state index in [0.717, 1.165) is 0 Å². The molecular formula is C12H14O3Si. The highest BCUT2D eigenvalue weighted by Crippen LogP contribution is 2.17. The van der Waals surface area contributed by atoms with Crippen molar-refractivity contribution in [3.63, 3.8) is 0 Å². The fourth-order valence-electron chi connectivity index (χ4n) is 1.26. The van der Waals surface area contributed by atoms with Crippen molar-refractivity contribution in [2.75, 3.05) is 0 Å². The number of hydrogen-bond donors (Lipinski definition) is 3. The third kappa shape index (κ3) is 4.86. The summed E-state index contributed by atoms with van der Waals surface area (Å²) < 4.78 is 0. The van der Waals surface area contributed by atoms with Gasteiger partial charge in [-0.25, -0.2) is 0 Å². The molecule has 3 N–H and O–H groups in total. The van der Waals surface area contributed by atoms with Gasteiger partial charge < -0.3 is 14.4 Å². The van der Waals surface area contributed by atoms with Crippen LogP contribution in [0.3, 0.4) is 0 Å². The lowest BCUT2D eigenvalue weighted by Gasteiger charge is -1.98. The van der Waals surface area contributed by atoms with Gasteiger partial charge in [0.25, 0.3) is 0 Å². The fraction of sp³-hybridized carbons (Fsp3) is 0. The summed E-state index contributed by atoms with van der Waals surface area (Å²) in [7, 11) is -3.14. The first-order chi connectivity index (χ1) is 7.70. The highest BCUT2D eigenvalue weighted by molar-refractivity contribution is 6.30. The van der Waals surface area contributed by atoms with Crippen molar-refractivity contribution in [3.05, 3.63) is 60.7 Å². The molecule has 0 fully saturated rings. The Labute approximate surface area is 96.2 Å². The summed E-state index contributed by atoms with van der Waals surface area (Å²) >= 11 is 0. The molecule has 2 aromatic carbocycles. The lowest BCUT2D eigenvalue weighted by atomic mass is 10.1. The van der Waals surface area contributed by atoms with E-state index in [2.05, 4.69) is 48.5 Å². The maximum Gasteiger partial charge on any atom is 0.475 e. The van der Waals surface area contributed by atoms with Crippen LogP contribution in [0.15, 0.2) is 60.7 Å². The lowest BCUT2D eigenvalue weighted by molar-refractivity contribution is 0.278. The SMILES string of the molecule is O[SiH](O)O.c1ccc(-c2ccccc2)cc1. The Balaban J connectivity index is 0.000000280. The minimum Gasteiger partial charge on any atom is -0.392 e. The van der Waals surface area contributed by atoms with Gasteiger partial charge in [0.15, 0.2) is 0 Å². The van der Waals surface area contributed by atoms with Crippen molar-refractivity contribution >= 4 is 9.53 Å². The first kappa shape index (κ1) is 12.6. The van der Waals surface area contributed by atoms with Gasteiger partial charge in [-0.3, -0.25) is 0 Å². The zero-order valence-electron chi connectivity index (χ0n) is 8.69. The minimum atomic E-state index is -3.14. The molecule has 0 aliphatic heterocycles. The molecule has 0 bridgehead atoms. The molecule has 0 unspecified atom stereocenters. The number of benzene rings is 2. The maximum atomic E-state index is 7.31. The van der Waals surface area contributed by atoms with Crippen LogP contribution in [0.1, 0.15) is 0 Å². The molecule has 84 valence electrons. The Morgan fingerprint density at radius 3 is 1.06 bits per heavy atom. The third-order valence-electron chi connectivity index (χ3n) is 1.88. The lowest BCUT2D eigenvalue weighted by Crippen LogP contribution is -2.07. The van der Waals surface area contributed by atoms with Crippen LogP contribution in [0.5, 0.6) is 0 Å². The van der Waals surface area contributed by atoms with Gasteiger partial charge in [0, 0.05) is 0 Å². The molecule has 0 amide bonds. The molecule has 0 atom stereocenters. The summed E-state index contributed by atoms with van der Waals surface area (Å²) in [5, 5.41) is 0. The molecule has 0 aromatic heterocycles. The van der Waals surface area contributed by atoms with E-state index in [1.807, 2.05) is 12.1 Å². The summed E-state index contributed by atoms with van der Waals surface area (Å²) in [6.07, 6.45) is 0. The normalized spacial score (nSPS) is 9.50. The van der Waals surface area contributed by atoms with E-state index in [-0.39, 0.29) is 0 Å². The second kappa shape index (κ2) is 6.92. The quantitative estimate of drug-likeness (QED) is 0.646. The Morgan fingerprint density at radius 2 is 0.812 bits per heavy atom. The molecule has 3 nitrogen and oxygen atoms in total. The molecule has 2 rings (SSSR count). The second-order valence-corrected chi connectivity index (χ2v) is 3.77. The highest BCUT2D eigenvalue weighted by atomic mass is 28.3. The maximum absolute atomic E-state index is 7.31. The van der Waals surface area contributed by atoms with Crippen LogP contribution in [-0.4, -0.2) is 23.9 Å². The van der Waals surface area contributed by atoms with Gasteiger partial charge >= 0.3 is 9.53 Å². The number of hydrogen-bond acceptors (Lipinski definition) is 3. The molecule has 2 aromatic rings. The van der Waals surface area contributed by atoms with Crippen LogP contribution in [0.4, 0.5) is 0 Å². The van der Waals surface area contributed by atoms with E-state index in [1.165, 1.54) is 11.1 Å². The van der Waals surface area contributed by atoms with E-state index in [9.17, 15) is 0 Å². The summed E-state index contributed by atoms with van der Waals surface area (Å²) in [5.74, 6) is 0. The average molecular weight is 234 g/mol. The molecule has 0 radical (unpaired) electrons. The second-order valence-electron chi connectivity index (χ2n) is 3.08. The molecule has 16 heavy (non-hydrogen) atoms. The van der Waals surface area contributed by atoms with Gasteiger partial charge in [-0.15, -0.1) is 0 Å². The van der Waals surface area contributed by atoms with Gasteiger partial charge in [0.1, 0.15) is 0 Å². The van der Waals surface area contributed by atoms with Crippen LogP contribution >= 0.6 is 0 Å². The Morgan fingerprint density at radius 1 is 0.562 bits per heavy atom. The zero-order valence-corrected chi connectivity index (χ0v) is 9.85. The fourth-order valence-corrected chi connectivity index (χ4v) is 1.26. The van der Waals surface area contributed by atoms with Crippen molar-refractivity contribution in [2.24, 2.45) is 0 Å². The smallest absolute Gasteiger partial charge is 0.392 e. The van der Waals surface area contributed by atoms with Crippen molar-refractivity contribution in [1.29, 1.82) is 0 Å². The van der Waals surface area contributed by atoms with Gasteiger partial charge in [-0.2, -0.15) is 0 Å². The average Bonchev–Trinajstić information content (AvgIpc) is 2.31. The van der Waals surface area contributed by atoms with Gasteiger partial charge in [-0.1, -0.05) is 60.7 Å². The van der Waals surface area contributed by atoms with Crippen LogP contribution in [-0.2, 0) is 0 Å². The third-order valence-corrected chi connectivity index (χ3v) is 1.88. The van der Waals surface area contributed by atoms with Crippen molar-refractivity contribution in [3.8, 4) is 11.1 Å². The predicted octanol–water partition coefficient (Wildman–Crippen LogP) is 1.03. The Kier molecular flexibility index (Phi) is 5.45. The molecule has 0 heterocycles. The zero-order chi connectivity index (χ0) is 11.8. The van der Waals surface area contributed by atoms with Crippen LogP contribution in [0.25, 0.3) is 11.1 Å². The van der Waals surface area contributed by atoms with Crippen molar-refractivity contribution < 1.29 is 14.4 Å². The van der Waals surface area contributed by atoms with Crippen molar-refractivity contribution in [1.82, 2.24) is 0 Å². The topological polar surface area (TPSA) is 60.7 Å². The van der Waals surface area contributed by atoms with E-state index < -0.39 is 9.53 Å². The molecular weight excluding hydrogens is 220 g/mol. The predicted molar refractivity (Wildman–Crippen MR) is 65.7 cm³/mol. The van der Waals surface area contributed by atoms with E-state index >= 15 is 0 Å². The molecule has 0 aliphatic rings. The number of rotatable bonds is 1. The minimum absolute atomic E-state index is 1.28. The Hall–Kier alpha value is -1.46. The summed E-state index contributed by atoms with van der Waals surface area (Å²) in [5.41, 5.74) is 2.55. The molecule has 0 aliphatic carbocycles. The first-order valence-corrected chi connectivity index (χ1v) is 6.40. The molecule has 0 saturated heterocycles. The molecule has 0 saturated carbocycles. The van der Waals surface area contributed by atoms with Crippen LogP contribution in [0, 0.1) is 0 Å². The Bertz CT molecular complexity index is 349. The van der Waals surface area contributed by atoms with Gasteiger partial charge in [0.2, 0.25) is 0 Å². The summed E-state index contributed by atoms with van der Waals surface area (Å²) in [4.78, 5) is 21.9. The largest absolute Gasteiger partial charge is 0.475 e. The van der Waals surface area contributed by atoms with Gasteiger partial charge in [0.05, 0.1) is 0 Å². The van der Waals surface area contributed by atoms with E-state index in [1.54, 1.807) is 0 Å². The summed E-state index contributed by atoms with van der Waals surface area (Å²) in [6.45, 7) is 0. The standard InChI is InChI=1S/C12H10.H4O3Si/c1-3-7-11(8-4-1)12-9-5-2-6-10-12;1-4(2)3/h1-10H;1-4H. The van der Waals surface area contributed by atoms with Crippen LogP contribution in [0.2, 0.25) is 0 Å². The van der Waals surface area contributed by atoms with E-state index in [4.69, 9.17) is 14.4 Å². The van der Waals surface area contributed by atoms with Crippen LogP contribution < -0.4 is 0 Å². The molecule has 0 spiro atoms. The van der Waals surface area contributed by atoms with Gasteiger partial charge in [-0.05, 0) is 11.1 Å². The monoisotopic (exact) mass is 234 g/mol. The van der Waals surface area contributed by atoms with Crippen molar-refractivity contribution in [2.45, 2.75) is 0 Å². The summed E-state index contributed by atoms with van der Waals surface area (Å²) in [6, 6.07) is 20.8. The first-order valence-electron chi connectivity index (χ1n) is 4.85.